The molecule has 0 fully saturated rings. The molecule has 1 aromatic heterocycles. The van der Waals surface area contributed by atoms with Gasteiger partial charge in [0.1, 0.15) is 18.1 Å². The van der Waals surface area contributed by atoms with E-state index in [1.165, 1.54) is 6.33 Å². The van der Waals surface area contributed by atoms with E-state index in [2.05, 4.69) is 15.4 Å². The SMILES string of the molecule is CCCC1=C(C(=O)OCC)C(c2c(O)ccc3ccccc23)n2ncnc2N1. The number of fused-ring (bicyclic) bond motifs is 2. The Morgan fingerprint density at radius 1 is 1.25 bits per heavy atom. The summed E-state index contributed by atoms with van der Waals surface area (Å²) in [5.41, 5.74) is 1.81. The Hall–Kier alpha value is -3.35. The van der Waals surface area contributed by atoms with Crippen molar-refractivity contribution in [1.29, 1.82) is 0 Å². The molecule has 0 saturated heterocycles. The molecule has 0 amide bonds. The molecule has 3 aromatic rings. The first-order valence-electron chi connectivity index (χ1n) is 9.43. The van der Waals surface area contributed by atoms with Gasteiger partial charge < -0.3 is 15.2 Å². The molecule has 4 rings (SSSR count). The van der Waals surface area contributed by atoms with E-state index in [4.69, 9.17) is 4.74 Å². The number of benzene rings is 2. The van der Waals surface area contributed by atoms with Crippen molar-refractivity contribution in [1.82, 2.24) is 14.8 Å². The number of aromatic nitrogens is 3. The van der Waals surface area contributed by atoms with Gasteiger partial charge in [0.2, 0.25) is 5.95 Å². The Morgan fingerprint density at radius 3 is 2.86 bits per heavy atom. The van der Waals surface area contributed by atoms with Gasteiger partial charge in [-0.05, 0) is 30.2 Å². The van der Waals surface area contributed by atoms with E-state index in [0.717, 1.165) is 22.9 Å². The summed E-state index contributed by atoms with van der Waals surface area (Å²) in [5, 5.41) is 20.2. The minimum Gasteiger partial charge on any atom is -0.508 e. The largest absolute Gasteiger partial charge is 0.508 e. The normalized spacial score (nSPS) is 16.0. The molecule has 144 valence electrons. The number of allylic oxidation sites excluding steroid dienone is 1. The van der Waals surface area contributed by atoms with Crippen molar-refractivity contribution in [2.45, 2.75) is 32.7 Å². The molecule has 1 aliphatic rings. The summed E-state index contributed by atoms with van der Waals surface area (Å²) < 4.78 is 7.01. The predicted octanol–water partition coefficient (Wildman–Crippen LogP) is 3.77. The van der Waals surface area contributed by atoms with Gasteiger partial charge in [0.15, 0.2) is 0 Å². The molecule has 1 unspecified atom stereocenters. The van der Waals surface area contributed by atoms with Crippen LogP contribution in [0.15, 0.2) is 54.0 Å². The summed E-state index contributed by atoms with van der Waals surface area (Å²) in [7, 11) is 0. The van der Waals surface area contributed by atoms with Crippen LogP contribution in [-0.4, -0.2) is 32.4 Å². The minimum absolute atomic E-state index is 0.102. The quantitative estimate of drug-likeness (QED) is 0.657. The molecule has 0 spiro atoms. The molecule has 2 N–H and O–H groups in total. The molecule has 2 heterocycles. The Kier molecular flexibility index (Phi) is 4.73. The Bertz CT molecular complexity index is 1070. The van der Waals surface area contributed by atoms with Gasteiger partial charge in [-0.25, -0.2) is 9.48 Å². The number of aromatic hydroxyl groups is 1. The number of esters is 1. The standard InChI is InChI=1S/C21H22N4O3/c1-3-7-15-18(20(27)28-4-2)19(25-21(24-15)22-12-23-25)17-14-9-6-5-8-13(14)10-11-16(17)26/h5-6,8-12,19,26H,3-4,7H2,1-2H3,(H,22,23,24). The fourth-order valence-corrected chi connectivity index (χ4v) is 3.75. The number of hydrogen-bond donors (Lipinski definition) is 2. The first-order valence-corrected chi connectivity index (χ1v) is 9.43. The molecule has 28 heavy (non-hydrogen) atoms. The van der Waals surface area contributed by atoms with Gasteiger partial charge in [-0.1, -0.05) is 43.7 Å². The highest BCUT2D eigenvalue weighted by Crippen LogP contribution is 2.43. The minimum atomic E-state index is -0.634. The number of rotatable bonds is 5. The average molecular weight is 378 g/mol. The van der Waals surface area contributed by atoms with Gasteiger partial charge >= 0.3 is 5.97 Å². The third kappa shape index (κ3) is 2.89. The number of anilines is 1. The van der Waals surface area contributed by atoms with Gasteiger partial charge in [-0.2, -0.15) is 10.1 Å². The van der Waals surface area contributed by atoms with Crippen molar-refractivity contribution < 1.29 is 14.6 Å². The van der Waals surface area contributed by atoms with Crippen LogP contribution < -0.4 is 5.32 Å². The third-order valence-electron chi connectivity index (χ3n) is 4.90. The van der Waals surface area contributed by atoms with Gasteiger partial charge in [-0.3, -0.25) is 0 Å². The van der Waals surface area contributed by atoms with Crippen molar-refractivity contribution >= 4 is 22.7 Å². The number of carbonyl (C=O) groups excluding carboxylic acids is 1. The van der Waals surface area contributed by atoms with E-state index < -0.39 is 12.0 Å². The smallest absolute Gasteiger partial charge is 0.338 e. The molecule has 0 radical (unpaired) electrons. The lowest BCUT2D eigenvalue weighted by molar-refractivity contribution is -0.139. The van der Waals surface area contributed by atoms with Crippen LogP contribution >= 0.6 is 0 Å². The van der Waals surface area contributed by atoms with E-state index in [-0.39, 0.29) is 12.4 Å². The van der Waals surface area contributed by atoms with Crippen LogP contribution in [0, 0.1) is 0 Å². The Labute approximate surface area is 162 Å². The monoisotopic (exact) mass is 378 g/mol. The number of phenols is 1. The number of nitrogens with one attached hydrogen (secondary N) is 1. The predicted molar refractivity (Wildman–Crippen MR) is 106 cm³/mol. The van der Waals surface area contributed by atoms with E-state index in [0.29, 0.717) is 23.5 Å². The number of nitrogens with zero attached hydrogens (tertiary/aromatic N) is 3. The van der Waals surface area contributed by atoms with Crippen molar-refractivity contribution in [2.75, 3.05) is 11.9 Å². The van der Waals surface area contributed by atoms with Crippen LogP contribution in [0.2, 0.25) is 0 Å². The summed E-state index contributed by atoms with van der Waals surface area (Å²) in [6, 6.07) is 10.6. The zero-order valence-electron chi connectivity index (χ0n) is 15.8. The zero-order chi connectivity index (χ0) is 19.7. The van der Waals surface area contributed by atoms with E-state index in [1.54, 1.807) is 17.7 Å². The highest BCUT2D eigenvalue weighted by molar-refractivity contribution is 5.96. The zero-order valence-corrected chi connectivity index (χ0v) is 15.8. The van der Waals surface area contributed by atoms with Gasteiger partial charge in [0.25, 0.3) is 0 Å². The number of phenolic OH excluding ortho intramolecular Hbond substituents is 1. The van der Waals surface area contributed by atoms with Crippen LogP contribution in [0.3, 0.4) is 0 Å². The Morgan fingerprint density at radius 2 is 2.07 bits per heavy atom. The topological polar surface area (TPSA) is 89.3 Å². The summed E-state index contributed by atoms with van der Waals surface area (Å²) in [6.45, 7) is 4.08. The van der Waals surface area contributed by atoms with Crippen molar-refractivity contribution in [2.24, 2.45) is 0 Å². The summed E-state index contributed by atoms with van der Waals surface area (Å²) >= 11 is 0. The number of hydrogen-bond acceptors (Lipinski definition) is 6. The maximum Gasteiger partial charge on any atom is 0.338 e. The van der Waals surface area contributed by atoms with Crippen LogP contribution in [0.4, 0.5) is 5.95 Å². The van der Waals surface area contributed by atoms with Crippen LogP contribution in [0.1, 0.15) is 38.3 Å². The maximum atomic E-state index is 13.0. The lowest BCUT2D eigenvalue weighted by Gasteiger charge is -2.30. The third-order valence-corrected chi connectivity index (χ3v) is 4.90. The summed E-state index contributed by atoms with van der Waals surface area (Å²) in [6.07, 6.45) is 2.94. The number of ether oxygens (including phenoxy) is 1. The molecule has 0 aliphatic carbocycles. The van der Waals surface area contributed by atoms with E-state index >= 15 is 0 Å². The molecular formula is C21H22N4O3. The lowest BCUT2D eigenvalue weighted by atomic mass is 9.90. The molecule has 1 atom stereocenters. The number of carbonyl (C=O) groups is 1. The average Bonchev–Trinajstić information content (AvgIpc) is 3.16. The summed E-state index contributed by atoms with van der Waals surface area (Å²) in [5.74, 6) is 0.218. The van der Waals surface area contributed by atoms with Gasteiger partial charge in [0.05, 0.1) is 12.2 Å². The second-order valence-corrected chi connectivity index (χ2v) is 6.64. The fourth-order valence-electron chi connectivity index (χ4n) is 3.75. The maximum absolute atomic E-state index is 13.0. The van der Waals surface area contributed by atoms with Crippen LogP contribution in [0.5, 0.6) is 5.75 Å². The second kappa shape index (κ2) is 7.34. The van der Waals surface area contributed by atoms with E-state index in [9.17, 15) is 9.90 Å². The van der Waals surface area contributed by atoms with E-state index in [1.807, 2.05) is 37.3 Å². The highest BCUT2D eigenvalue weighted by atomic mass is 16.5. The molecule has 7 nitrogen and oxygen atoms in total. The fraction of sp³-hybridized carbons (Fsp3) is 0.286. The first kappa shape index (κ1) is 18.0. The molecule has 7 heteroatoms. The molecule has 1 aliphatic heterocycles. The Balaban J connectivity index is 2.02. The van der Waals surface area contributed by atoms with Gasteiger partial charge in [-0.15, -0.1) is 0 Å². The second-order valence-electron chi connectivity index (χ2n) is 6.64. The molecule has 2 aromatic carbocycles. The first-order chi connectivity index (χ1) is 13.7. The van der Waals surface area contributed by atoms with Crippen molar-refractivity contribution in [3.63, 3.8) is 0 Å². The van der Waals surface area contributed by atoms with Crippen molar-refractivity contribution in [3.05, 3.63) is 59.6 Å². The lowest BCUT2D eigenvalue weighted by Crippen LogP contribution is -2.30. The summed E-state index contributed by atoms with van der Waals surface area (Å²) in [4.78, 5) is 17.3. The molecule has 0 bridgehead atoms. The van der Waals surface area contributed by atoms with Gasteiger partial charge in [0, 0.05) is 11.3 Å². The van der Waals surface area contributed by atoms with Crippen LogP contribution in [-0.2, 0) is 9.53 Å². The van der Waals surface area contributed by atoms with Crippen molar-refractivity contribution in [3.8, 4) is 5.75 Å². The molecule has 0 saturated carbocycles. The molecular weight excluding hydrogens is 356 g/mol. The highest BCUT2D eigenvalue weighted by Gasteiger charge is 2.37. The van der Waals surface area contributed by atoms with Crippen LogP contribution in [0.25, 0.3) is 10.8 Å².